The summed E-state index contributed by atoms with van der Waals surface area (Å²) in [7, 11) is 0. The number of aliphatic hydroxyl groups excluding tert-OH is 1. The van der Waals surface area contributed by atoms with Crippen LogP contribution in [0.1, 0.15) is 37.7 Å². The van der Waals surface area contributed by atoms with Gasteiger partial charge in [0.1, 0.15) is 5.82 Å². The Hall–Kier alpha value is -1.29. The van der Waals surface area contributed by atoms with Gasteiger partial charge in [0.2, 0.25) is 0 Å². The number of nitrogens with zero attached hydrogens (tertiary/aromatic N) is 1. The van der Waals surface area contributed by atoms with Crippen molar-refractivity contribution in [1.29, 1.82) is 0 Å². The highest BCUT2D eigenvalue weighted by molar-refractivity contribution is 5.50. The molecule has 0 bridgehead atoms. The second-order valence-electron chi connectivity index (χ2n) is 5.50. The fourth-order valence-corrected chi connectivity index (χ4v) is 2.63. The Labute approximate surface area is 109 Å². The molecular weight excluding hydrogens is 226 g/mol. The van der Waals surface area contributed by atoms with E-state index < -0.39 is 0 Å². The van der Waals surface area contributed by atoms with E-state index in [0.717, 1.165) is 36.5 Å². The number of aryl methyl sites for hydroxylation is 1. The quantitative estimate of drug-likeness (QED) is 0.766. The number of pyridine rings is 1. The highest BCUT2D eigenvalue weighted by Gasteiger charge is 2.31. The van der Waals surface area contributed by atoms with Crippen LogP contribution in [0.2, 0.25) is 0 Å². The summed E-state index contributed by atoms with van der Waals surface area (Å²) in [5.41, 5.74) is 7.54. The SMILES string of the molecule is Cc1cc(NCC2(CO)CCCCC2)ncc1N. The second kappa shape index (κ2) is 5.57. The summed E-state index contributed by atoms with van der Waals surface area (Å²) in [5.74, 6) is 0.847. The van der Waals surface area contributed by atoms with Crippen molar-refractivity contribution >= 4 is 11.5 Å². The maximum Gasteiger partial charge on any atom is 0.126 e. The molecule has 1 fully saturated rings. The van der Waals surface area contributed by atoms with Crippen LogP contribution in [-0.2, 0) is 0 Å². The van der Waals surface area contributed by atoms with E-state index in [9.17, 15) is 5.11 Å². The van der Waals surface area contributed by atoms with E-state index in [2.05, 4.69) is 10.3 Å². The van der Waals surface area contributed by atoms with E-state index in [1.165, 1.54) is 19.3 Å². The lowest BCUT2D eigenvalue weighted by atomic mass is 9.74. The van der Waals surface area contributed by atoms with Gasteiger partial charge in [-0.2, -0.15) is 0 Å². The number of rotatable bonds is 4. The molecule has 0 unspecified atom stereocenters. The molecule has 0 aromatic carbocycles. The smallest absolute Gasteiger partial charge is 0.126 e. The molecule has 0 saturated heterocycles. The number of hydrogen-bond donors (Lipinski definition) is 3. The van der Waals surface area contributed by atoms with Gasteiger partial charge in [-0.25, -0.2) is 4.98 Å². The molecule has 4 nitrogen and oxygen atoms in total. The van der Waals surface area contributed by atoms with Gasteiger partial charge in [-0.05, 0) is 31.4 Å². The lowest BCUT2D eigenvalue weighted by molar-refractivity contribution is 0.0943. The van der Waals surface area contributed by atoms with Crippen LogP contribution < -0.4 is 11.1 Å². The number of aromatic nitrogens is 1. The van der Waals surface area contributed by atoms with Crippen molar-refractivity contribution in [3.8, 4) is 0 Å². The van der Waals surface area contributed by atoms with Crippen LogP contribution in [0.4, 0.5) is 11.5 Å². The number of aliphatic hydroxyl groups is 1. The molecule has 0 radical (unpaired) electrons. The van der Waals surface area contributed by atoms with Crippen LogP contribution in [0, 0.1) is 12.3 Å². The molecule has 4 heteroatoms. The maximum atomic E-state index is 9.64. The lowest BCUT2D eigenvalue weighted by Gasteiger charge is -2.35. The molecule has 0 amide bonds. The van der Waals surface area contributed by atoms with Crippen molar-refractivity contribution in [1.82, 2.24) is 4.98 Å². The zero-order chi connectivity index (χ0) is 13.0. The topological polar surface area (TPSA) is 71.2 Å². The molecule has 1 aromatic heterocycles. The third kappa shape index (κ3) is 2.93. The van der Waals surface area contributed by atoms with Gasteiger partial charge in [0, 0.05) is 12.0 Å². The third-order valence-electron chi connectivity index (χ3n) is 4.05. The van der Waals surface area contributed by atoms with E-state index in [4.69, 9.17) is 5.73 Å². The summed E-state index contributed by atoms with van der Waals surface area (Å²) in [6.07, 6.45) is 7.62. The summed E-state index contributed by atoms with van der Waals surface area (Å²) >= 11 is 0. The molecule has 100 valence electrons. The molecule has 1 aliphatic carbocycles. The Balaban J connectivity index is 1.98. The minimum Gasteiger partial charge on any atom is -0.397 e. The standard InChI is InChI=1S/C14H23N3O/c1-11-7-13(16-8-12(11)15)17-9-14(10-18)5-3-2-4-6-14/h7-8,18H,2-6,9-10,15H2,1H3,(H,16,17). The molecule has 0 aliphatic heterocycles. The van der Waals surface area contributed by atoms with Gasteiger partial charge in [-0.3, -0.25) is 0 Å². The average molecular weight is 249 g/mol. The minimum atomic E-state index is 0.0369. The van der Waals surface area contributed by atoms with Crippen LogP contribution in [0.5, 0.6) is 0 Å². The van der Waals surface area contributed by atoms with Crippen molar-refractivity contribution < 1.29 is 5.11 Å². The summed E-state index contributed by atoms with van der Waals surface area (Å²) in [6, 6.07) is 1.96. The van der Waals surface area contributed by atoms with E-state index in [1.807, 2.05) is 13.0 Å². The lowest BCUT2D eigenvalue weighted by Crippen LogP contribution is -2.35. The van der Waals surface area contributed by atoms with Gasteiger partial charge < -0.3 is 16.2 Å². The van der Waals surface area contributed by atoms with Gasteiger partial charge >= 0.3 is 0 Å². The van der Waals surface area contributed by atoms with E-state index in [0.29, 0.717) is 0 Å². The summed E-state index contributed by atoms with van der Waals surface area (Å²) in [5, 5.41) is 13.0. The molecule has 2 rings (SSSR count). The van der Waals surface area contributed by atoms with Crippen molar-refractivity contribution in [2.75, 3.05) is 24.2 Å². The molecular formula is C14H23N3O. The van der Waals surface area contributed by atoms with Gasteiger partial charge in [0.15, 0.2) is 0 Å². The molecule has 1 aromatic rings. The first-order chi connectivity index (χ1) is 8.65. The third-order valence-corrected chi connectivity index (χ3v) is 4.05. The average Bonchev–Trinajstić information content (AvgIpc) is 2.41. The predicted octanol–water partition coefficient (Wildman–Crippen LogP) is 2.33. The first-order valence-electron chi connectivity index (χ1n) is 6.72. The fraction of sp³-hybridized carbons (Fsp3) is 0.643. The van der Waals surface area contributed by atoms with Crippen LogP contribution in [0.25, 0.3) is 0 Å². The Morgan fingerprint density at radius 2 is 2.11 bits per heavy atom. The van der Waals surface area contributed by atoms with Gasteiger partial charge in [-0.1, -0.05) is 19.3 Å². The molecule has 4 N–H and O–H groups in total. The second-order valence-corrected chi connectivity index (χ2v) is 5.50. The van der Waals surface area contributed by atoms with E-state index >= 15 is 0 Å². The zero-order valence-electron chi connectivity index (χ0n) is 11.1. The summed E-state index contributed by atoms with van der Waals surface area (Å²) in [6.45, 7) is 3.03. The number of nitrogens with one attached hydrogen (secondary N) is 1. The summed E-state index contributed by atoms with van der Waals surface area (Å²) < 4.78 is 0. The first kappa shape index (κ1) is 13.1. The van der Waals surface area contributed by atoms with Crippen molar-refractivity contribution in [3.63, 3.8) is 0 Å². The first-order valence-corrected chi connectivity index (χ1v) is 6.72. The number of nitrogen functional groups attached to an aromatic ring is 1. The Morgan fingerprint density at radius 1 is 1.39 bits per heavy atom. The van der Waals surface area contributed by atoms with Crippen molar-refractivity contribution in [2.45, 2.75) is 39.0 Å². The van der Waals surface area contributed by atoms with E-state index in [-0.39, 0.29) is 12.0 Å². The normalized spacial score (nSPS) is 18.6. The van der Waals surface area contributed by atoms with Gasteiger partial charge in [0.05, 0.1) is 18.5 Å². The molecule has 18 heavy (non-hydrogen) atoms. The number of nitrogens with two attached hydrogens (primary N) is 1. The van der Waals surface area contributed by atoms with Crippen molar-refractivity contribution in [2.24, 2.45) is 5.41 Å². The Bertz CT molecular complexity index is 400. The highest BCUT2D eigenvalue weighted by Crippen LogP contribution is 2.35. The highest BCUT2D eigenvalue weighted by atomic mass is 16.3. The van der Waals surface area contributed by atoms with Crippen LogP contribution >= 0.6 is 0 Å². The maximum absolute atomic E-state index is 9.64. The van der Waals surface area contributed by atoms with Crippen molar-refractivity contribution in [3.05, 3.63) is 17.8 Å². The largest absolute Gasteiger partial charge is 0.397 e. The van der Waals surface area contributed by atoms with Crippen LogP contribution in [-0.4, -0.2) is 23.2 Å². The zero-order valence-corrected chi connectivity index (χ0v) is 11.1. The number of hydrogen-bond acceptors (Lipinski definition) is 4. The molecule has 1 aliphatic rings. The Morgan fingerprint density at radius 3 is 2.72 bits per heavy atom. The van der Waals surface area contributed by atoms with Crippen LogP contribution in [0.3, 0.4) is 0 Å². The Kier molecular flexibility index (Phi) is 4.07. The molecule has 1 saturated carbocycles. The fourth-order valence-electron chi connectivity index (χ4n) is 2.63. The monoisotopic (exact) mass is 249 g/mol. The van der Waals surface area contributed by atoms with Gasteiger partial charge in [0.25, 0.3) is 0 Å². The van der Waals surface area contributed by atoms with Gasteiger partial charge in [-0.15, -0.1) is 0 Å². The molecule has 1 heterocycles. The number of anilines is 2. The molecule has 0 spiro atoms. The predicted molar refractivity (Wildman–Crippen MR) is 74.5 cm³/mol. The molecule has 0 atom stereocenters. The minimum absolute atomic E-state index is 0.0369. The van der Waals surface area contributed by atoms with Crippen LogP contribution in [0.15, 0.2) is 12.3 Å². The van der Waals surface area contributed by atoms with E-state index in [1.54, 1.807) is 6.20 Å². The summed E-state index contributed by atoms with van der Waals surface area (Å²) in [4.78, 5) is 4.27.